The first-order valence-electron chi connectivity index (χ1n) is 5.04. The van der Waals surface area contributed by atoms with E-state index in [1.165, 1.54) is 6.92 Å². The molecule has 0 aromatic rings. The third-order valence-electron chi connectivity index (χ3n) is 3.82. The van der Waals surface area contributed by atoms with Crippen LogP contribution < -0.4 is 0 Å². The molecule has 0 amide bonds. The maximum atomic E-state index is 13.7. The highest BCUT2D eigenvalue weighted by atomic mass is 19.3. The zero-order chi connectivity index (χ0) is 12.1. The smallest absolute Gasteiger partial charge is 0.242 e. The van der Waals surface area contributed by atoms with Gasteiger partial charge in [-0.2, -0.15) is 17.6 Å². The summed E-state index contributed by atoms with van der Waals surface area (Å²) in [4.78, 5) is 0.442. The summed E-state index contributed by atoms with van der Waals surface area (Å²) in [7, 11) is 1.04. The van der Waals surface area contributed by atoms with E-state index >= 15 is 0 Å². The molecular weight excluding hydrogens is 210 g/mol. The van der Waals surface area contributed by atoms with E-state index in [9.17, 15) is 17.6 Å². The van der Waals surface area contributed by atoms with Gasteiger partial charge in [0.25, 0.3) is 0 Å². The summed E-state index contributed by atoms with van der Waals surface area (Å²) in [6.45, 7) is 4.38. The zero-order valence-corrected chi connectivity index (χ0v) is 9.45. The van der Waals surface area contributed by atoms with Gasteiger partial charge in [0.1, 0.15) is 0 Å². The van der Waals surface area contributed by atoms with Gasteiger partial charge in [0.15, 0.2) is 0 Å². The van der Waals surface area contributed by atoms with Crippen molar-refractivity contribution < 1.29 is 17.6 Å². The van der Waals surface area contributed by atoms with Gasteiger partial charge in [-0.1, -0.05) is 20.8 Å². The Morgan fingerprint density at radius 2 is 1.60 bits per heavy atom. The topological polar surface area (TPSA) is 3.24 Å². The van der Waals surface area contributed by atoms with E-state index in [1.54, 1.807) is 13.8 Å². The molecule has 1 fully saturated rings. The fourth-order valence-electron chi connectivity index (χ4n) is 1.93. The van der Waals surface area contributed by atoms with Gasteiger partial charge >= 0.3 is 12.0 Å². The van der Waals surface area contributed by atoms with Gasteiger partial charge in [0, 0.05) is 12.0 Å². The summed E-state index contributed by atoms with van der Waals surface area (Å²) in [6.07, 6.45) is 0.0871. The Bertz CT molecular complexity index is 252. The molecule has 1 heterocycles. The van der Waals surface area contributed by atoms with Crippen LogP contribution >= 0.6 is 0 Å². The molecule has 0 radical (unpaired) electrons. The molecule has 1 unspecified atom stereocenters. The monoisotopic (exact) mass is 227 g/mol. The van der Waals surface area contributed by atoms with Crippen LogP contribution in [0.4, 0.5) is 17.6 Å². The summed E-state index contributed by atoms with van der Waals surface area (Å²) in [5.41, 5.74) is -1.64. The normalized spacial score (nSPS) is 35.8. The highest BCUT2D eigenvalue weighted by Crippen LogP contribution is 2.56. The number of piperidine rings is 1. The van der Waals surface area contributed by atoms with Crippen LogP contribution in [0.25, 0.3) is 0 Å². The van der Waals surface area contributed by atoms with Crippen LogP contribution in [0.5, 0.6) is 0 Å². The van der Waals surface area contributed by atoms with Crippen LogP contribution in [0.2, 0.25) is 0 Å². The summed E-state index contributed by atoms with van der Waals surface area (Å²) >= 11 is 0. The Hall–Kier alpha value is -0.320. The molecule has 0 N–H and O–H groups in total. The lowest BCUT2D eigenvalue weighted by molar-refractivity contribution is -0.350. The van der Waals surface area contributed by atoms with Crippen molar-refractivity contribution >= 4 is 0 Å². The van der Waals surface area contributed by atoms with E-state index in [0.29, 0.717) is 4.90 Å². The van der Waals surface area contributed by atoms with Gasteiger partial charge in [-0.3, -0.25) is 0 Å². The lowest BCUT2D eigenvalue weighted by Crippen LogP contribution is -2.66. The SMILES string of the molecule is CC(C)C1(C)CCN(C)C(F)(F)C1(F)F. The number of halogens is 4. The number of hydrogen-bond acceptors (Lipinski definition) is 1. The first-order chi connectivity index (χ1) is 6.57. The molecule has 0 aromatic heterocycles. The largest absolute Gasteiger partial charge is 0.368 e. The molecule has 1 saturated heterocycles. The van der Waals surface area contributed by atoms with E-state index in [0.717, 1.165) is 7.05 Å². The average Bonchev–Trinajstić information content (AvgIpc) is 2.10. The Labute approximate surface area is 87.4 Å². The van der Waals surface area contributed by atoms with Crippen molar-refractivity contribution in [1.82, 2.24) is 4.90 Å². The molecule has 90 valence electrons. The molecule has 1 nitrogen and oxygen atoms in total. The van der Waals surface area contributed by atoms with Gasteiger partial charge in [-0.05, 0) is 19.4 Å². The van der Waals surface area contributed by atoms with Crippen LogP contribution in [0.1, 0.15) is 27.2 Å². The van der Waals surface area contributed by atoms with Gasteiger partial charge in [-0.15, -0.1) is 0 Å². The summed E-state index contributed by atoms with van der Waals surface area (Å²) in [5.74, 6) is -4.46. The van der Waals surface area contributed by atoms with Crippen molar-refractivity contribution in [2.24, 2.45) is 11.3 Å². The fraction of sp³-hybridized carbons (Fsp3) is 1.00. The average molecular weight is 227 g/mol. The van der Waals surface area contributed by atoms with Crippen LogP contribution in [0.3, 0.4) is 0 Å². The molecule has 0 bridgehead atoms. The lowest BCUT2D eigenvalue weighted by Gasteiger charge is -2.51. The predicted octanol–water partition coefficient (Wildman–Crippen LogP) is 3.21. The third-order valence-corrected chi connectivity index (χ3v) is 3.82. The van der Waals surface area contributed by atoms with Gasteiger partial charge < -0.3 is 0 Å². The molecule has 1 aliphatic heterocycles. The lowest BCUT2D eigenvalue weighted by atomic mass is 9.68. The number of rotatable bonds is 1. The second-order valence-electron chi connectivity index (χ2n) is 4.86. The van der Waals surface area contributed by atoms with Crippen molar-refractivity contribution in [3.8, 4) is 0 Å². The van der Waals surface area contributed by atoms with Crippen molar-refractivity contribution in [3.63, 3.8) is 0 Å². The molecule has 1 rings (SSSR count). The molecule has 5 heteroatoms. The molecule has 0 saturated carbocycles. The maximum absolute atomic E-state index is 13.7. The molecule has 0 spiro atoms. The van der Waals surface area contributed by atoms with Crippen LogP contribution in [0, 0.1) is 11.3 Å². The predicted molar refractivity (Wildman–Crippen MR) is 50.1 cm³/mol. The minimum atomic E-state index is -4.05. The second-order valence-corrected chi connectivity index (χ2v) is 4.86. The van der Waals surface area contributed by atoms with E-state index < -0.39 is 23.3 Å². The molecule has 0 aromatic carbocycles. The Morgan fingerprint density at radius 1 is 1.13 bits per heavy atom. The molecule has 15 heavy (non-hydrogen) atoms. The summed E-state index contributed by atoms with van der Waals surface area (Å²) in [5, 5.41) is 0. The van der Waals surface area contributed by atoms with Gasteiger partial charge in [0.05, 0.1) is 0 Å². The first-order valence-corrected chi connectivity index (χ1v) is 5.04. The van der Waals surface area contributed by atoms with Crippen LogP contribution in [-0.4, -0.2) is 30.5 Å². The fourth-order valence-corrected chi connectivity index (χ4v) is 1.93. The first kappa shape index (κ1) is 12.7. The summed E-state index contributed by atoms with van der Waals surface area (Å²) in [6, 6.07) is -4.05. The summed E-state index contributed by atoms with van der Waals surface area (Å²) < 4.78 is 54.3. The van der Waals surface area contributed by atoms with Gasteiger partial charge in [0.2, 0.25) is 0 Å². The Kier molecular flexibility index (Phi) is 2.83. The molecular formula is C10H17F4N. The van der Waals surface area contributed by atoms with Crippen LogP contribution in [0.15, 0.2) is 0 Å². The Balaban J connectivity index is 3.16. The van der Waals surface area contributed by atoms with Crippen molar-refractivity contribution in [2.45, 2.75) is 39.2 Å². The van der Waals surface area contributed by atoms with E-state index in [2.05, 4.69) is 0 Å². The Morgan fingerprint density at radius 3 is 2.00 bits per heavy atom. The van der Waals surface area contributed by atoms with Crippen molar-refractivity contribution in [3.05, 3.63) is 0 Å². The van der Waals surface area contributed by atoms with E-state index in [-0.39, 0.29) is 13.0 Å². The number of likely N-dealkylation sites (tertiary alicyclic amines) is 1. The molecule has 0 aliphatic carbocycles. The number of alkyl halides is 4. The van der Waals surface area contributed by atoms with Crippen LogP contribution in [-0.2, 0) is 0 Å². The van der Waals surface area contributed by atoms with Gasteiger partial charge in [-0.25, -0.2) is 4.90 Å². The maximum Gasteiger partial charge on any atom is 0.368 e. The van der Waals surface area contributed by atoms with E-state index in [4.69, 9.17) is 0 Å². The van der Waals surface area contributed by atoms with Crippen molar-refractivity contribution in [1.29, 1.82) is 0 Å². The minimum absolute atomic E-state index is 0.00271. The third kappa shape index (κ3) is 1.47. The highest BCUT2D eigenvalue weighted by Gasteiger charge is 2.71. The second kappa shape index (κ2) is 3.34. The highest BCUT2D eigenvalue weighted by molar-refractivity contribution is 5.03. The standard InChI is InChI=1S/C10H17F4N/c1-7(2)8(3)5-6-15(4)10(13,14)9(8,11)12/h7H,5-6H2,1-4H3. The number of nitrogens with zero attached hydrogens (tertiary/aromatic N) is 1. The molecule has 1 aliphatic rings. The zero-order valence-electron chi connectivity index (χ0n) is 9.45. The quantitative estimate of drug-likeness (QED) is 0.491. The minimum Gasteiger partial charge on any atom is -0.242 e. The number of hydrogen-bond donors (Lipinski definition) is 0. The van der Waals surface area contributed by atoms with Crippen molar-refractivity contribution in [2.75, 3.05) is 13.6 Å². The van der Waals surface area contributed by atoms with E-state index in [1.807, 2.05) is 0 Å². The molecule has 1 atom stereocenters.